The lowest BCUT2D eigenvalue weighted by molar-refractivity contribution is 0.457. The zero-order valence-corrected chi connectivity index (χ0v) is 13.0. The highest BCUT2D eigenvalue weighted by Gasteiger charge is 2.22. The maximum atomic E-state index is 8.82. The first-order chi connectivity index (χ1) is 8.66. The third-order valence-electron chi connectivity index (χ3n) is 3.58. The third-order valence-corrected chi connectivity index (χ3v) is 3.58. The molecule has 2 nitrogen and oxygen atoms in total. The van der Waals surface area contributed by atoms with E-state index in [2.05, 4.69) is 70.3 Å². The van der Waals surface area contributed by atoms with Crippen LogP contribution in [0.15, 0.2) is 24.3 Å². The van der Waals surface area contributed by atoms with E-state index in [0.717, 1.165) is 6.54 Å². The summed E-state index contributed by atoms with van der Waals surface area (Å²) in [5.41, 5.74) is 2.88. The maximum Gasteiger partial charge on any atom is 0.0924 e. The molecule has 0 saturated heterocycles. The molecule has 1 aromatic rings. The highest BCUT2D eigenvalue weighted by atomic mass is 14.9. The van der Waals surface area contributed by atoms with Gasteiger partial charge in [0.1, 0.15) is 0 Å². The average molecular weight is 258 g/mol. The predicted octanol–water partition coefficient (Wildman–Crippen LogP) is 3.76. The minimum absolute atomic E-state index is 0.0293. The van der Waals surface area contributed by atoms with Gasteiger partial charge in [0, 0.05) is 12.0 Å². The Morgan fingerprint density at radius 1 is 1.05 bits per heavy atom. The van der Waals surface area contributed by atoms with Crippen molar-refractivity contribution < 1.29 is 0 Å². The first kappa shape index (κ1) is 15.7. The van der Waals surface area contributed by atoms with Crippen molar-refractivity contribution >= 4 is 0 Å². The molecule has 2 heteroatoms. The van der Waals surface area contributed by atoms with E-state index in [1.54, 1.807) is 0 Å². The summed E-state index contributed by atoms with van der Waals surface area (Å²) in [4.78, 5) is 0. The fourth-order valence-corrected chi connectivity index (χ4v) is 1.98. The maximum absolute atomic E-state index is 8.82. The molecule has 0 saturated carbocycles. The minimum Gasteiger partial charge on any atom is -0.301 e. The lowest BCUT2D eigenvalue weighted by Crippen LogP contribution is -2.37. The molecule has 0 aliphatic rings. The molecule has 1 N–H and O–H groups in total. The first-order valence-electron chi connectivity index (χ1n) is 6.91. The summed E-state index contributed by atoms with van der Waals surface area (Å²) in [6.45, 7) is 13.8. The van der Waals surface area contributed by atoms with Crippen LogP contribution in [0.3, 0.4) is 0 Å². The van der Waals surface area contributed by atoms with E-state index < -0.39 is 0 Å². The van der Waals surface area contributed by atoms with Crippen LogP contribution in [0.25, 0.3) is 0 Å². The third kappa shape index (κ3) is 4.36. The molecule has 0 aromatic heterocycles. The van der Waals surface area contributed by atoms with Crippen molar-refractivity contribution in [1.82, 2.24) is 5.32 Å². The Balaban J connectivity index is 2.82. The summed E-state index contributed by atoms with van der Waals surface area (Å²) in [5.74, 6) is 0. The summed E-state index contributed by atoms with van der Waals surface area (Å²) in [5, 5.41) is 12.1. The van der Waals surface area contributed by atoms with Crippen molar-refractivity contribution in [1.29, 1.82) is 5.26 Å². The molecule has 19 heavy (non-hydrogen) atoms. The second-order valence-corrected chi connectivity index (χ2v) is 6.94. The second kappa shape index (κ2) is 5.75. The van der Waals surface area contributed by atoms with Gasteiger partial charge in [-0.3, -0.25) is 0 Å². The fourth-order valence-electron chi connectivity index (χ4n) is 1.98. The Morgan fingerprint density at radius 2 is 1.53 bits per heavy atom. The average Bonchev–Trinajstić information content (AvgIpc) is 2.35. The molecule has 0 radical (unpaired) electrons. The van der Waals surface area contributed by atoms with E-state index in [-0.39, 0.29) is 16.9 Å². The van der Waals surface area contributed by atoms with E-state index in [1.807, 2.05) is 6.92 Å². The standard InChI is InChI=1S/C17H26N2/c1-13(11-18)19-12-17(5,6)15-9-7-14(8-10-15)16(2,3)4/h7-10,13,19H,12H2,1-6H3. The van der Waals surface area contributed by atoms with Crippen LogP contribution in [0.1, 0.15) is 52.7 Å². The van der Waals surface area contributed by atoms with Crippen LogP contribution in [0, 0.1) is 11.3 Å². The molecular formula is C17H26N2. The van der Waals surface area contributed by atoms with Gasteiger partial charge in [0.25, 0.3) is 0 Å². The first-order valence-corrected chi connectivity index (χ1v) is 6.91. The van der Waals surface area contributed by atoms with Crippen molar-refractivity contribution in [2.75, 3.05) is 6.54 Å². The lowest BCUT2D eigenvalue weighted by Gasteiger charge is -2.28. The molecule has 0 fully saturated rings. The lowest BCUT2D eigenvalue weighted by atomic mass is 9.81. The van der Waals surface area contributed by atoms with E-state index in [4.69, 9.17) is 5.26 Å². The Morgan fingerprint density at radius 3 is 1.95 bits per heavy atom. The van der Waals surface area contributed by atoms with Crippen LogP contribution in [-0.4, -0.2) is 12.6 Å². The molecule has 0 bridgehead atoms. The zero-order chi connectivity index (χ0) is 14.7. The second-order valence-electron chi connectivity index (χ2n) is 6.94. The van der Waals surface area contributed by atoms with Gasteiger partial charge >= 0.3 is 0 Å². The molecule has 104 valence electrons. The van der Waals surface area contributed by atoms with Crippen LogP contribution >= 0.6 is 0 Å². The molecule has 1 rings (SSSR count). The predicted molar refractivity (Wildman–Crippen MR) is 81.2 cm³/mol. The topological polar surface area (TPSA) is 35.8 Å². The van der Waals surface area contributed by atoms with E-state index in [0.29, 0.717) is 0 Å². The van der Waals surface area contributed by atoms with Gasteiger partial charge < -0.3 is 5.32 Å². The Kier molecular flexibility index (Phi) is 4.76. The SMILES string of the molecule is CC(C#N)NCC(C)(C)c1ccc(C(C)(C)C)cc1. The highest BCUT2D eigenvalue weighted by molar-refractivity contribution is 5.31. The van der Waals surface area contributed by atoms with Crippen molar-refractivity contribution in [3.63, 3.8) is 0 Å². The van der Waals surface area contributed by atoms with Gasteiger partial charge in [-0.05, 0) is 23.5 Å². The largest absolute Gasteiger partial charge is 0.301 e. The highest BCUT2D eigenvalue weighted by Crippen LogP contribution is 2.27. The van der Waals surface area contributed by atoms with Crippen molar-refractivity contribution in [3.05, 3.63) is 35.4 Å². The van der Waals surface area contributed by atoms with Crippen molar-refractivity contribution in [2.24, 2.45) is 0 Å². The van der Waals surface area contributed by atoms with E-state index >= 15 is 0 Å². The van der Waals surface area contributed by atoms with Crippen molar-refractivity contribution in [2.45, 2.75) is 58.4 Å². The normalized spacial score (nSPS) is 13.9. The Labute approximate surface area is 117 Å². The minimum atomic E-state index is -0.104. The molecule has 0 heterocycles. The van der Waals surface area contributed by atoms with Gasteiger partial charge in [0.2, 0.25) is 0 Å². The number of nitriles is 1. The molecule has 1 aromatic carbocycles. The smallest absolute Gasteiger partial charge is 0.0924 e. The molecule has 0 spiro atoms. The van der Waals surface area contributed by atoms with Gasteiger partial charge in [-0.1, -0.05) is 58.9 Å². The summed E-state index contributed by atoms with van der Waals surface area (Å²) in [7, 11) is 0. The molecular weight excluding hydrogens is 232 g/mol. The zero-order valence-electron chi connectivity index (χ0n) is 13.0. The van der Waals surface area contributed by atoms with Crippen molar-refractivity contribution in [3.8, 4) is 6.07 Å². The van der Waals surface area contributed by atoms with Crippen LogP contribution in [-0.2, 0) is 10.8 Å². The van der Waals surface area contributed by atoms with Gasteiger partial charge in [-0.25, -0.2) is 0 Å². The molecule has 0 amide bonds. The number of benzene rings is 1. The van der Waals surface area contributed by atoms with Gasteiger partial charge in [-0.15, -0.1) is 0 Å². The molecule has 0 aliphatic carbocycles. The van der Waals surface area contributed by atoms with Crippen LogP contribution in [0.4, 0.5) is 0 Å². The van der Waals surface area contributed by atoms with Crippen LogP contribution < -0.4 is 5.32 Å². The Bertz CT molecular complexity index is 444. The fraction of sp³-hybridized carbons (Fsp3) is 0.588. The number of nitrogens with one attached hydrogen (secondary N) is 1. The molecule has 1 atom stereocenters. The molecule has 0 aliphatic heterocycles. The number of nitrogens with zero attached hydrogens (tertiary/aromatic N) is 1. The summed E-state index contributed by atoms with van der Waals surface area (Å²) in [6.07, 6.45) is 0. The van der Waals surface area contributed by atoms with E-state index in [9.17, 15) is 0 Å². The number of hydrogen-bond donors (Lipinski definition) is 1. The van der Waals surface area contributed by atoms with Gasteiger partial charge in [-0.2, -0.15) is 5.26 Å². The monoisotopic (exact) mass is 258 g/mol. The van der Waals surface area contributed by atoms with Gasteiger partial charge in [0.05, 0.1) is 12.1 Å². The summed E-state index contributed by atoms with van der Waals surface area (Å²) >= 11 is 0. The quantitative estimate of drug-likeness (QED) is 0.892. The number of rotatable bonds is 4. The number of hydrogen-bond acceptors (Lipinski definition) is 2. The Hall–Kier alpha value is -1.33. The summed E-state index contributed by atoms with van der Waals surface area (Å²) < 4.78 is 0. The summed E-state index contributed by atoms with van der Waals surface area (Å²) in [6, 6.07) is 10.9. The van der Waals surface area contributed by atoms with Gasteiger partial charge in [0.15, 0.2) is 0 Å². The van der Waals surface area contributed by atoms with E-state index in [1.165, 1.54) is 11.1 Å². The van der Waals surface area contributed by atoms with Crippen LogP contribution in [0.5, 0.6) is 0 Å². The van der Waals surface area contributed by atoms with Crippen LogP contribution in [0.2, 0.25) is 0 Å². The molecule has 1 unspecified atom stereocenters.